The molecule has 6 aromatic rings. The molecule has 0 spiro atoms. The number of para-hydroxylation sites is 2. The number of nitrogens with zero attached hydrogens (tertiary/aromatic N) is 5. The van der Waals surface area contributed by atoms with Crippen molar-refractivity contribution >= 4 is 32.9 Å². The van der Waals surface area contributed by atoms with Crippen molar-refractivity contribution in [2.75, 3.05) is 7.11 Å². The van der Waals surface area contributed by atoms with Crippen LogP contribution in [0, 0.1) is 5.82 Å². The minimum atomic E-state index is -1.31. The number of benzene rings is 3. The van der Waals surface area contributed by atoms with Gasteiger partial charge in [0.05, 0.1) is 33.9 Å². The maximum atomic E-state index is 13.6. The molecule has 0 bridgehead atoms. The highest BCUT2D eigenvalue weighted by Crippen LogP contribution is 2.40. The smallest absolute Gasteiger partial charge is 0.345 e. The van der Waals surface area contributed by atoms with Gasteiger partial charge in [-0.05, 0) is 75.6 Å². The Morgan fingerprint density at radius 3 is 2.48 bits per heavy atom. The number of aliphatic carboxylic acids is 1. The summed E-state index contributed by atoms with van der Waals surface area (Å²) in [6, 6.07) is 22.4. The standard InChI is InChI=1S/C34H27BrFN5O5/c1-41-30(20-11-13-22(36)14-12-20)29(35)28-32(41)38-19-39-33(28)46-27(34(42)43)17-21-7-3-5-9-25(21)45-18-23-15-16-37-31(40-23)24-8-4-6-10-26(24)44-2/h3-16,19,27H,17-18H2,1-2H3,(H,42,43). The number of hydrogen-bond donors (Lipinski definition) is 1. The fourth-order valence-electron chi connectivity index (χ4n) is 5.11. The van der Waals surface area contributed by atoms with E-state index in [4.69, 9.17) is 14.2 Å². The van der Waals surface area contributed by atoms with Gasteiger partial charge >= 0.3 is 5.97 Å². The summed E-state index contributed by atoms with van der Waals surface area (Å²) in [5.41, 5.74) is 3.97. The summed E-state index contributed by atoms with van der Waals surface area (Å²) >= 11 is 3.63. The molecular formula is C34H27BrFN5O5. The Bertz CT molecular complexity index is 2040. The normalized spacial score (nSPS) is 11.7. The molecule has 3 aromatic heterocycles. The van der Waals surface area contributed by atoms with Crippen LogP contribution in [-0.4, -0.2) is 48.8 Å². The highest BCUT2D eigenvalue weighted by atomic mass is 79.9. The minimum Gasteiger partial charge on any atom is -0.496 e. The third-order valence-corrected chi connectivity index (χ3v) is 8.11. The minimum absolute atomic E-state index is 0.0114. The molecule has 1 unspecified atom stereocenters. The molecule has 0 aliphatic rings. The average Bonchev–Trinajstić information content (AvgIpc) is 3.34. The van der Waals surface area contributed by atoms with Crippen LogP contribution in [0.3, 0.4) is 0 Å². The summed E-state index contributed by atoms with van der Waals surface area (Å²) in [6.07, 6.45) is 1.65. The molecule has 0 aliphatic carbocycles. The molecule has 0 fully saturated rings. The van der Waals surface area contributed by atoms with E-state index in [9.17, 15) is 14.3 Å². The largest absolute Gasteiger partial charge is 0.496 e. The summed E-state index contributed by atoms with van der Waals surface area (Å²) in [5, 5.41) is 10.7. The first-order valence-corrected chi connectivity index (χ1v) is 14.9. The topological polar surface area (TPSA) is 121 Å². The van der Waals surface area contributed by atoms with Gasteiger partial charge in [0.2, 0.25) is 12.0 Å². The highest BCUT2D eigenvalue weighted by Gasteiger charge is 2.27. The molecule has 0 saturated heterocycles. The van der Waals surface area contributed by atoms with Gasteiger partial charge in [-0.2, -0.15) is 0 Å². The first-order chi connectivity index (χ1) is 22.3. The van der Waals surface area contributed by atoms with Crippen LogP contribution in [0.25, 0.3) is 33.7 Å². The molecule has 0 amide bonds. The molecule has 10 nitrogen and oxygen atoms in total. The number of ether oxygens (including phenoxy) is 3. The molecule has 1 N–H and O–H groups in total. The van der Waals surface area contributed by atoms with Crippen LogP contribution in [0.2, 0.25) is 0 Å². The molecule has 0 saturated carbocycles. The van der Waals surface area contributed by atoms with Crippen molar-refractivity contribution in [1.29, 1.82) is 0 Å². The lowest BCUT2D eigenvalue weighted by Crippen LogP contribution is -2.30. The van der Waals surface area contributed by atoms with E-state index in [0.717, 1.165) is 11.1 Å². The summed E-state index contributed by atoms with van der Waals surface area (Å²) in [5.74, 6) is 0.201. The zero-order chi connectivity index (χ0) is 32.2. The first kappa shape index (κ1) is 30.7. The van der Waals surface area contributed by atoms with E-state index in [0.29, 0.717) is 49.8 Å². The second-order valence-electron chi connectivity index (χ2n) is 10.2. The number of aromatic nitrogens is 5. The van der Waals surface area contributed by atoms with Crippen LogP contribution in [0.1, 0.15) is 11.3 Å². The van der Waals surface area contributed by atoms with Crippen LogP contribution >= 0.6 is 15.9 Å². The second-order valence-corrected chi connectivity index (χ2v) is 11.0. The molecule has 3 aromatic carbocycles. The van der Waals surface area contributed by atoms with Gasteiger partial charge in [-0.1, -0.05) is 30.3 Å². The summed E-state index contributed by atoms with van der Waals surface area (Å²) in [7, 11) is 3.40. The number of rotatable bonds is 11. The van der Waals surface area contributed by atoms with Crippen molar-refractivity contribution in [3.8, 4) is 40.0 Å². The lowest BCUT2D eigenvalue weighted by molar-refractivity contribution is -0.145. The molecule has 3 heterocycles. The monoisotopic (exact) mass is 683 g/mol. The van der Waals surface area contributed by atoms with Gasteiger partial charge in [0, 0.05) is 19.7 Å². The van der Waals surface area contributed by atoms with E-state index < -0.39 is 12.1 Å². The van der Waals surface area contributed by atoms with Crippen molar-refractivity contribution in [3.05, 3.63) is 113 Å². The molecule has 1 atom stereocenters. The van der Waals surface area contributed by atoms with E-state index in [-0.39, 0.29) is 24.7 Å². The predicted molar refractivity (Wildman–Crippen MR) is 172 cm³/mol. The lowest BCUT2D eigenvalue weighted by atomic mass is 10.1. The van der Waals surface area contributed by atoms with E-state index >= 15 is 0 Å². The molecule has 232 valence electrons. The first-order valence-electron chi connectivity index (χ1n) is 14.1. The Balaban J connectivity index is 1.24. The number of carboxylic acids is 1. The Kier molecular flexibility index (Phi) is 8.88. The predicted octanol–water partition coefficient (Wildman–Crippen LogP) is 6.66. The van der Waals surface area contributed by atoms with Gasteiger partial charge in [0.1, 0.15) is 35.9 Å². The Hall–Kier alpha value is -5.36. The molecule has 12 heteroatoms. The van der Waals surface area contributed by atoms with Gasteiger partial charge in [-0.25, -0.2) is 29.1 Å². The van der Waals surface area contributed by atoms with Crippen molar-refractivity contribution in [2.45, 2.75) is 19.1 Å². The van der Waals surface area contributed by atoms with E-state index in [2.05, 4.69) is 35.9 Å². The van der Waals surface area contributed by atoms with E-state index in [1.165, 1.54) is 18.5 Å². The van der Waals surface area contributed by atoms with Gasteiger partial charge in [-0.3, -0.25) is 0 Å². The van der Waals surface area contributed by atoms with Gasteiger partial charge < -0.3 is 23.9 Å². The molecule has 0 aliphatic heterocycles. The molecular weight excluding hydrogens is 657 g/mol. The van der Waals surface area contributed by atoms with Crippen LogP contribution in [0.4, 0.5) is 4.39 Å². The average molecular weight is 685 g/mol. The zero-order valence-corrected chi connectivity index (χ0v) is 26.3. The van der Waals surface area contributed by atoms with Crippen LogP contribution in [0.5, 0.6) is 17.4 Å². The Labute approximate surface area is 271 Å². The quantitative estimate of drug-likeness (QED) is 0.160. The van der Waals surface area contributed by atoms with Crippen molar-refractivity contribution in [3.63, 3.8) is 0 Å². The maximum Gasteiger partial charge on any atom is 0.345 e. The van der Waals surface area contributed by atoms with Gasteiger partial charge in [0.25, 0.3) is 0 Å². The molecule has 0 radical (unpaired) electrons. The Morgan fingerprint density at radius 1 is 0.978 bits per heavy atom. The van der Waals surface area contributed by atoms with Crippen LogP contribution in [-0.2, 0) is 24.9 Å². The van der Waals surface area contributed by atoms with Crippen LogP contribution in [0.15, 0.2) is 95.9 Å². The summed E-state index contributed by atoms with van der Waals surface area (Å²) in [6.45, 7) is 0.121. The summed E-state index contributed by atoms with van der Waals surface area (Å²) in [4.78, 5) is 30.2. The van der Waals surface area contributed by atoms with Crippen molar-refractivity contribution in [1.82, 2.24) is 24.5 Å². The third kappa shape index (κ3) is 6.24. The molecule has 6 rings (SSSR count). The number of hydrogen-bond acceptors (Lipinski definition) is 8. The van der Waals surface area contributed by atoms with Gasteiger partial charge in [0.15, 0.2) is 5.82 Å². The van der Waals surface area contributed by atoms with E-state index in [1.807, 2.05) is 41.9 Å². The number of methoxy groups -OCH3 is 1. The van der Waals surface area contributed by atoms with E-state index in [1.54, 1.807) is 49.7 Å². The number of halogens is 2. The highest BCUT2D eigenvalue weighted by molar-refractivity contribution is 9.10. The van der Waals surface area contributed by atoms with Gasteiger partial charge in [-0.15, -0.1) is 0 Å². The number of fused-ring (bicyclic) bond motifs is 1. The number of carbonyl (C=O) groups is 1. The Morgan fingerprint density at radius 2 is 1.72 bits per heavy atom. The third-order valence-electron chi connectivity index (χ3n) is 7.33. The number of aryl methyl sites for hydroxylation is 1. The SMILES string of the molecule is COc1ccccc1-c1nccc(COc2ccccc2CC(Oc2ncnc3c2c(Br)c(-c2ccc(F)cc2)n3C)C(=O)O)n1. The maximum absolute atomic E-state index is 13.6. The molecule has 46 heavy (non-hydrogen) atoms. The van der Waals surface area contributed by atoms with Crippen molar-refractivity contribution in [2.24, 2.45) is 7.05 Å². The fraction of sp³-hybridized carbons (Fsp3) is 0.147. The number of carboxylic acid groups (broad SMARTS) is 1. The fourth-order valence-corrected chi connectivity index (χ4v) is 5.95. The zero-order valence-electron chi connectivity index (χ0n) is 24.7. The lowest BCUT2D eigenvalue weighted by Gasteiger charge is -2.17. The van der Waals surface area contributed by atoms with Crippen molar-refractivity contribution < 1.29 is 28.5 Å². The summed E-state index contributed by atoms with van der Waals surface area (Å²) < 4.78 is 33.7. The second kappa shape index (κ2) is 13.3. The van der Waals surface area contributed by atoms with Crippen LogP contribution < -0.4 is 14.2 Å².